The normalized spacial score (nSPS) is 17.5. The lowest BCUT2D eigenvalue weighted by molar-refractivity contribution is -0.122. The predicted octanol–water partition coefficient (Wildman–Crippen LogP) is 4.11. The molecule has 0 atom stereocenters. The summed E-state index contributed by atoms with van der Waals surface area (Å²) in [6.45, 7) is 7.28. The third-order valence-corrected chi connectivity index (χ3v) is 5.72. The van der Waals surface area contributed by atoms with Crippen LogP contribution in [-0.2, 0) is 10.2 Å². The van der Waals surface area contributed by atoms with Crippen molar-refractivity contribution in [3.8, 4) is 0 Å². The fourth-order valence-electron chi connectivity index (χ4n) is 3.64. The van der Waals surface area contributed by atoms with E-state index >= 15 is 0 Å². The van der Waals surface area contributed by atoms with Crippen molar-refractivity contribution < 1.29 is 9.90 Å². The van der Waals surface area contributed by atoms with E-state index in [2.05, 4.69) is 50.4 Å². The minimum atomic E-state index is -0.0830. The van der Waals surface area contributed by atoms with Gasteiger partial charge >= 0.3 is 0 Å². The van der Waals surface area contributed by atoms with Crippen molar-refractivity contribution in [2.24, 2.45) is 5.41 Å². The zero-order chi connectivity index (χ0) is 17.6. The molecule has 2 N–H and O–H groups in total. The number of carbonyl (C=O) groups is 1. The summed E-state index contributed by atoms with van der Waals surface area (Å²) in [4.78, 5) is 12.3. The molecule has 1 fully saturated rings. The minimum Gasteiger partial charge on any atom is -0.396 e. The van der Waals surface area contributed by atoms with Crippen LogP contribution < -0.4 is 5.32 Å². The number of aryl methyl sites for hydroxylation is 1. The van der Waals surface area contributed by atoms with E-state index in [0.29, 0.717) is 13.0 Å². The molecule has 3 heteroatoms. The summed E-state index contributed by atoms with van der Waals surface area (Å²) in [6.07, 6.45) is 6.99. The Morgan fingerprint density at radius 1 is 1.17 bits per heavy atom. The lowest BCUT2D eigenvalue weighted by atomic mass is 9.74. The minimum absolute atomic E-state index is 0.00938. The maximum Gasteiger partial charge on any atom is 0.220 e. The zero-order valence-electron chi connectivity index (χ0n) is 15.5. The Morgan fingerprint density at radius 3 is 2.38 bits per heavy atom. The molecule has 1 aromatic carbocycles. The van der Waals surface area contributed by atoms with E-state index < -0.39 is 0 Å². The van der Waals surface area contributed by atoms with Crippen LogP contribution in [0.3, 0.4) is 0 Å². The number of nitrogens with one attached hydrogen (secondary N) is 1. The quantitative estimate of drug-likeness (QED) is 0.790. The van der Waals surface area contributed by atoms with E-state index in [4.69, 9.17) is 0 Å². The van der Waals surface area contributed by atoms with Gasteiger partial charge in [-0.2, -0.15) is 0 Å². The molecule has 1 aliphatic carbocycles. The van der Waals surface area contributed by atoms with Crippen molar-refractivity contribution in [3.05, 3.63) is 35.4 Å². The number of benzene rings is 1. The molecule has 0 aromatic heterocycles. The highest BCUT2D eigenvalue weighted by Crippen LogP contribution is 2.35. The van der Waals surface area contributed by atoms with Crippen molar-refractivity contribution in [2.45, 2.75) is 71.1 Å². The second-order valence-corrected chi connectivity index (χ2v) is 8.25. The van der Waals surface area contributed by atoms with Gasteiger partial charge in [0, 0.05) is 18.4 Å². The van der Waals surface area contributed by atoms with E-state index in [0.717, 1.165) is 32.1 Å². The van der Waals surface area contributed by atoms with Crippen molar-refractivity contribution in [2.75, 3.05) is 13.2 Å². The van der Waals surface area contributed by atoms with Crippen LogP contribution in [0.1, 0.15) is 69.9 Å². The third kappa shape index (κ3) is 5.07. The molecule has 0 radical (unpaired) electrons. The van der Waals surface area contributed by atoms with Crippen LogP contribution >= 0.6 is 0 Å². The van der Waals surface area contributed by atoms with E-state index in [9.17, 15) is 9.90 Å². The molecule has 1 saturated carbocycles. The Kier molecular flexibility index (Phi) is 6.45. The summed E-state index contributed by atoms with van der Waals surface area (Å²) < 4.78 is 0. The molecule has 0 unspecified atom stereocenters. The van der Waals surface area contributed by atoms with Gasteiger partial charge in [0.2, 0.25) is 5.91 Å². The first-order valence-electron chi connectivity index (χ1n) is 9.32. The fourth-order valence-corrected chi connectivity index (χ4v) is 3.64. The lowest BCUT2D eigenvalue weighted by Gasteiger charge is -2.35. The third-order valence-electron chi connectivity index (χ3n) is 5.72. The molecule has 0 aliphatic heterocycles. The monoisotopic (exact) mass is 331 g/mol. The Morgan fingerprint density at radius 2 is 1.79 bits per heavy atom. The lowest BCUT2D eigenvalue weighted by Crippen LogP contribution is -2.41. The predicted molar refractivity (Wildman–Crippen MR) is 99.1 cm³/mol. The summed E-state index contributed by atoms with van der Waals surface area (Å²) in [5, 5.41) is 12.8. The van der Waals surface area contributed by atoms with Gasteiger partial charge in [-0.3, -0.25) is 4.79 Å². The van der Waals surface area contributed by atoms with E-state index in [1.165, 1.54) is 17.5 Å². The highest BCUT2D eigenvalue weighted by atomic mass is 16.3. The summed E-state index contributed by atoms with van der Waals surface area (Å²) in [5.41, 5.74) is 2.44. The average Bonchev–Trinajstić information content (AvgIpc) is 2.59. The molecule has 1 aliphatic rings. The molecular weight excluding hydrogens is 298 g/mol. The molecule has 0 saturated heterocycles. The van der Waals surface area contributed by atoms with Crippen LogP contribution in [0.25, 0.3) is 0 Å². The zero-order valence-corrected chi connectivity index (χ0v) is 15.5. The number of hydrogen-bond donors (Lipinski definition) is 2. The summed E-state index contributed by atoms with van der Waals surface area (Å²) >= 11 is 0. The van der Waals surface area contributed by atoms with Gasteiger partial charge in [-0.05, 0) is 37.2 Å². The van der Waals surface area contributed by atoms with Gasteiger partial charge < -0.3 is 10.4 Å². The summed E-state index contributed by atoms with van der Waals surface area (Å²) in [7, 11) is 0. The second kappa shape index (κ2) is 8.15. The Labute approximate surface area is 146 Å². The van der Waals surface area contributed by atoms with Crippen LogP contribution in [0.15, 0.2) is 24.3 Å². The molecule has 24 heavy (non-hydrogen) atoms. The van der Waals surface area contributed by atoms with Gasteiger partial charge in [0.15, 0.2) is 0 Å². The SMILES string of the molecule is Cc1ccc(C(C)(C)CCC(=O)NCC2(CO)CCCCC2)cc1. The standard InChI is InChI=1S/C21H33NO2/c1-17-7-9-18(10-8-17)20(2,3)14-11-19(24)22-15-21(16-23)12-5-4-6-13-21/h7-10,23H,4-6,11-16H2,1-3H3,(H,22,24). The maximum atomic E-state index is 12.3. The number of hydrogen-bond acceptors (Lipinski definition) is 2. The number of rotatable bonds is 7. The molecule has 0 spiro atoms. The van der Waals surface area contributed by atoms with Crippen molar-refractivity contribution in [1.29, 1.82) is 0 Å². The molecule has 134 valence electrons. The molecule has 0 bridgehead atoms. The van der Waals surface area contributed by atoms with Crippen molar-refractivity contribution in [1.82, 2.24) is 5.32 Å². The first-order chi connectivity index (χ1) is 11.4. The highest BCUT2D eigenvalue weighted by Gasteiger charge is 2.31. The smallest absolute Gasteiger partial charge is 0.220 e. The second-order valence-electron chi connectivity index (χ2n) is 8.25. The molecule has 0 heterocycles. The van der Waals surface area contributed by atoms with Gasteiger partial charge in [-0.1, -0.05) is 62.9 Å². The number of amides is 1. The Balaban J connectivity index is 1.82. The highest BCUT2D eigenvalue weighted by molar-refractivity contribution is 5.76. The van der Waals surface area contributed by atoms with Gasteiger partial charge in [-0.25, -0.2) is 0 Å². The number of aliphatic hydroxyl groups is 1. The van der Waals surface area contributed by atoms with Crippen LogP contribution in [0.4, 0.5) is 0 Å². The van der Waals surface area contributed by atoms with Gasteiger partial charge in [0.05, 0.1) is 6.61 Å². The largest absolute Gasteiger partial charge is 0.396 e. The fraction of sp³-hybridized carbons (Fsp3) is 0.667. The van der Waals surface area contributed by atoms with Crippen molar-refractivity contribution in [3.63, 3.8) is 0 Å². The topological polar surface area (TPSA) is 49.3 Å². The Hall–Kier alpha value is -1.35. The van der Waals surface area contributed by atoms with Crippen LogP contribution in [0, 0.1) is 12.3 Å². The summed E-state index contributed by atoms with van der Waals surface area (Å²) in [6, 6.07) is 8.59. The molecule has 1 amide bonds. The van der Waals surface area contributed by atoms with E-state index in [1.807, 2.05) is 0 Å². The average molecular weight is 332 g/mol. The van der Waals surface area contributed by atoms with Gasteiger partial charge in [-0.15, -0.1) is 0 Å². The number of carbonyl (C=O) groups excluding carboxylic acids is 1. The molecule has 2 rings (SSSR count). The van der Waals surface area contributed by atoms with Gasteiger partial charge in [0.1, 0.15) is 0 Å². The first-order valence-corrected chi connectivity index (χ1v) is 9.32. The van der Waals surface area contributed by atoms with Gasteiger partial charge in [0.25, 0.3) is 0 Å². The van der Waals surface area contributed by atoms with E-state index in [-0.39, 0.29) is 23.3 Å². The van der Waals surface area contributed by atoms with Crippen LogP contribution in [0.5, 0.6) is 0 Å². The maximum absolute atomic E-state index is 12.3. The number of aliphatic hydroxyl groups excluding tert-OH is 1. The first kappa shape index (κ1) is 19.0. The summed E-state index contributed by atoms with van der Waals surface area (Å²) in [5.74, 6) is 0.105. The Bertz CT molecular complexity index is 527. The molecule has 1 aromatic rings. The van der Waals surface area contributed by atoms with Crippen molar-refractivity contribution >= 4 is 5.91 Å². The van der Waals surface area contributed by atoms with Crippen LogP contribution in [-0.4, -0.2) is 24.2 Å². The molecule has 3 nitrogen and oxygen atoms in total. The van der Waals surface area contributed by atoms with Crippen LogP contribution in [0.2, 0.25) is 0 Å². The van der Waals surface area contributed by atoms with E-state index in [1.54, 1.807) is 0 Å². The molecular formula is C21H33NO2.